The summed E-state index contributed by atoms with van der Waals surface area (Å²) in [6.45, 7) is 2.56. The van der Waals surface area contributed by atoms with E-state index in [0.29, 0.717) is 12.5 Å². The molecule has 0 bridgehead atoms. The molecule has 0 aliphatic carbocycles. The molecular formula is C22H29ClIN5O. The van der Waals surface area contributed by atoms with Crippen LogP contribution in [-0.2, 0) is 11.3 Å². The Labute approximate surface area is 200 Å². The van der Waals surface area contributed by atoms with Gasteiger partial charge in [-0.3, -0.25) is 4.79 Å². The summed E-state index contributed by atoms with van der Waals surface area (Å²) in [6, 6.07) is 18.2. The molecule has 2 aromatic carbocycles. The van der Waals surface area contributed by atoms with Gasteiger partial charge < -0.3 is 20.4 Å². The first-order chi connectivity index (χ1) is 14.0. The summed E-state index contributed by atoms with van der Waals surface area (Å²) in [6.07, 6.45) is 0.986. The monoisotopic (exact) mass is 541 g/mol. The van der Waals surface area contributed by atoms with Gasteiger partial charge in [-0.15, -0.1) is 24.0 Å². The average molecular weight is 542 g/mol. The smallest absolute Gasteiger partial charge is 0.241 e. The van der Waals surface area contributed by atoms with Crippen LogP contribution in [0.1, 0.15) is 12.0 Å². The maximum atomic E-state index is 12.0. The molecule has 1 aliphatic heterocycles. The van der Waals surface area contributed by atoms with Gasteiger partial charge in [-0.1, -0.05) is 48.0 Å². The summed E-state index contributed by atoms with van der Waals surface area (Å²) in [4.78, 5) is 20.5. The minimum absolute atomic E-state index is 0. The minimum Gasteiger partial charge on any atom is -0.369 e. The molecule has 2 aromatic rings. The van der Waals surface area contributed by atoms with Crippen LogP contribution in [-0.4, -0.2) is 56.5 Å². The molecule has 162 valence electrons. The van der Waals surface area contributed by atoms with Crippen molar-refractivity contribution in [3.8, 4) is 0 Å². The Morgan fingerprint density at radius 2 is 1.97 bits per heavy atom. The number of hydrogen-bond donors (Lipinski definition) is 2. The van der Waals surface area contributed by atoms with Crippen LogP contribution in [0.25, 0.3) is 0 Å². The molecule has 1 saturated heterocycles. The average Bonchev–Trinajstić information content (AvgIpc) is 3.19. The Kier molecular flexibility index (Phi) is 9.71. The lowest BCUT2D eigenvalue weighted by atomic mass is 10.2. The summed E-state index contributed by atoms with van der Waals surface area (Å²) in [5.74, 6) is 0.660. The quantitative estimate of drug-likeness (QED) is 0.335. The van der Waals surface area contributed by atoms with Crippen LogP contribution in [0.2, 0.25) is 5.02 Å². The van der Waals surface area contributed by atoms with Crippen LogP contribution in [0.15, 0.2) is 59.6 Å². The number of likely N-dealkylation sites (N-methyl/N-ethyl adjacent to an activating group) is 1. The fraction of sp³-hybridized carbons (Fsp3) is 0.364. The van der Waals surface area contributed by atoms with Crippen LogP contribution in [0, 0.1) is 0 Å². The second kappa shape index (κ2) is 12.0. The van der Waals surface area contributed by atoms with Gasteiger partial charge in [0.25, 0.3) is 0 Å². The zero-order valence-electron chi connectivity index (χ0n) is 17.3. The standard InChI is InChI=1S/C22H28ClN5O.HI/c1-27(2)21(29)15-25-22(24-14-17-7-4-3-5-8-17)26-19-11-12-28(16-19)20-10-6-9-18(23)13-20;/h3-10,13,19H,11-12,14-16H2,1-2H3,(H2,24,25,26);1H. The number of benzene rings is 2. The van der Waals surface area contributed by atoms with E-state index < -0.39 is 0 Å². The van der Waals surface area contributed by atoms with Gasteiger partial charge in [-0.05, 0) is 30.2 Å². The summed E-state index contributed by atoms with van der Waals surface area (Å²) in [5, 5.41) is 7.40. The molecule has 6 nitrogen and oxygen atoms in total. The van der Waals surface area contributed by atoms with Crippen molar-refractivity contribution in [2.45, 2.75) is 19.0 Å². The van der Waals surface area contributed by atoms with Crippen molar-refractivity contribution in [1.29, 1.82) is 0 Å². The Morgan fingerprint density at radius 1 is 1.20 bits per heavy atom. The molecule has 1 atom stereocenters. The van der Waals surface area contributed by atoms with E-state index in [1.165, 1.54) is 0 Å². The molecule has 0 spiro atoms. The van der Waals surface area contributed by atoms with Crippen molar-refractivity contribution in [2.24, 2.45) is 4.99 Å². The molecule has 0 aromatic heterocycles. The molecule has 2 N–H and O–H groups in total. The highest BCUT2D eigenvalue weighted by molar-refractivity contribution is 14.0. The number of rotatable bonds is 6. The number of hydrogen-bond acceptors (Lipinski definition) is 3. The van der Waals surface area contributed by atoms with Crippen LogP contribution in [0.5, 0.6) is 0 Å². The molecule has 0 saturated carbocycles. The van der Waals surface area contributed by atoms with Crippen molar-refractivity contribution in [3.63, 3.8) is 0 Å². The summed E-state index contributed by atoms with van der Waals surface area (Å²) < 4.78 is 0. The van der Waals surface area contributed by atoms with E-state index in [9.17, 15) is 4.79 Å². The molecule has 3 rings (SSSR count). The Morgan fingerprint density at radius 3 is 2.67 bits per heavy atom. The maximum Gasteiger partial charge on any atom is 0.241 e. The normalized spacial score (nSPS) is 16.0. The molecule has 8 heteroatoms. The highest BCUT2D eigenvalue weighted by Crippen LogP contribution is 2.23. The van der Waals surface area contributed by atoms with Gasteiger partial charge in [0, 0.05) is 43.9 Å². The van der Waals surface area contributed by atoms with Crippen molar-refractivity contribution >= 4 is 53.1 Å². The van der Waals surface area contributed by atoms with E-state index in [-0.39, 0.29) is 42.5 Å². The molecule has 1 aliphatic rings. The second-order valence-corrected chi connectivity index (χ2v) is 7.78. The maximum absolute atomic E-state index is 12.0. The fourth-order valence-electron chi connectivity index (χ4n) is 3.20. The summed E-state index contributed by atoms with van der Waals surface area (Å²) >= 11 is 6.13. The molecular weight excluding hydrogens is 513 g/mol. The van der Waals surface area contributed by atoms with Crippen LogP contribution in [0.4, 0.5) is 5.69 Å². The molecule has 1 fully saturated rings. The largest absolute Gasteiger partial charge is 0.369 e. The first-order valence-corrected chi connectivity index (χ1v) is 10.2. The van der Waals surface area contributed by atoms with E-state index in [0.717, 1.165) is 35.8 Å². The predicted molar refractivity (Wildman–Crippen MR) is 135 cm³/mol. The minimum atomic E-state index is 0. The Bertz CT molecular complexity index is 846. The van der Waals surface area contributed by atoms with Crippen molar-refractivity contribution in [2.75, 3.05) is 38.6 Å². The third-order valence-corrected chi connectivity index (χ3v) is 5.11. The number of guanidine groups is 1. The number of halogens is 2. The van der Waals surface area contributed by atoms with Gasteiger partial charge in [0.1, 0.15) is 0 Å². The van der Waals surface area contributed by atoms with Gasteiger partial charge in [0.15, 0.2) is 5.96 Å². The molecule has 1 heterocycles. The lowest BCUT2D eigenvalue weighted by Gasteiger charge is -2.21. The third kappa shape index (κ3) is 7.36. The topological polar surface area (TPSA) is 60.0 Å². The summed E-state index contributed by atoms with van der Waals surface area (Å²) in [5.41, 5.74) is 2.25. The van der Waals surface area contributed by atoms with E-state index >= 15 is 0 Å². The highest BCUT2D eigenvalue weighted by atomic mass is 127. The van der Waals surface area contributed by atoms with Gasteiger partial charge in [-0.25, -0.2) is 4.99 Å². The summed E-state index contributed by atoms with van der Waals surface area (Å²) in [7, 11) is 3.50. The number of nitrogens with one attached hydrogen (secondary N) is 2. The van der Waals surface area contributed by atoms with E-state index in [4.69, 9.17) is 11.6 Å². The number of carbonyl (C=O) groups is 1. The second-order valence-electron chi connectivity index (χ2n) is 7.35. The number of aliphatic imine (C=N–C) groups is 1. The zero-order chi connectivity index (χ0) is 20.6. The Hall–Kier alpha value is -2.00. The van der Waals surface area contributed by atoms with E-state index in [1.54, 1.807) is 19.0 Å². The molecule has 1 amide bonds. The van der Waals surface area contributed by atoms with Crippen molar-refractivity contribution in [1.82, 2.24) is 15.5 Å². The van der Waals surface area contributed by atoms with Crippen LogP contribution in [0.3, 0.4) is 0 Å². The SMILES string of the molecule is CN(C)C(=O)CNC(=NCc1ccccc1)NC1CCN(c2cccc(Cl)c2)C1.I. The molecule has 0 radical (unpaired) electrons. The fourth-order valence-corrected chi connectivity index (χ4v) is 3.39. The number of nitrogens with zero attached hydrogens (tertiary/aromatic N) is 3. The van der Waals surface area contributed by atoms with E-state index in [1.807, 2.05) is 48.5 Å². The van der Waals surface area contributed by atoms with Crippen molar-refractivity contribution < 1.29 is 4.79 Å². The van der Waals surface area contributed by atoms with E-state index in [2.05, 4.69) is 26.6 Å². The van der Waals surface area contributed by atoms with Crippen LogP contribution >= 0.6 is 35.6 Å². The Balaban J connectivity index is 0.00000320. The van der Waals surface area contributed by atoms with Crippen LogP contribution < -0.4 is 15.5 Å². The zero-order valence-corrected chi connectivity index (χ0v) is 20.4. The predicted octanol–water partition coefficient (Wildman–Crippen LogP) is 3.36. The highest BCUT2D eigenvalue weighted by Gasteiger charge is 2.24. The molecule has 30 heavy (non-hydrogen) atoms. The van der Waals surface area contributed by atoms with Crippen molar-refractivity contribution in [3.05, 3.63) is 65.2 Å². The first kappa shape index (κ1) is 24.3. The van der Waals surface area contributed by atoms with Gasteiger partial charge in [-0.2, -0.15) is 0 Å². The number of anilines is 1. The number of carbonyl (C=O) groups excluding carboxylic acids is 1. The van der Waals surface area contributed by atoms with Gasteiger partial charge in [0.05, 0.1) is 13.1 Å². The van der Waals surface area contributed by atoms with Gasteiger partial charge in [0.2, 0.25) is 5.91 Å². The molecule has 1 unspecified atom stereocenters. The third-order valence-electron chi connectivity index (χ3n) is 4.87. The van der Waals surface area contributed by atoms with Gasteiger partial charge >= 0.3 is 0 Å². The number of amides is 1. The lowest BCUT2D eigenvalue weighted by Crippen LogP contribution is -2.47. The lowest BCUT2D eigenvalue weighted by molar-refractivity contribution is -0.127. The first-order valence-electron chi connectivity index (χ1n) is 9.80.